The molecule has 0 aliphatic rings. The Morgan fingerprint density at radius 2 is 1.05 bits per heavy atom. The summed E-state index contributed by atoms with van der Waals surface area (Å²) in [5, 5.41) is 1.16. The second-order valence-corrected chi connectivity index (χ2v) is 11.6. The van der Waals surface area contributed by atoms with E-state index in [0.717, 1.165) is 9.79 Å². The second-order valence-electron chi connectivity index (χ2n) is 3.67. The van der Waals surface area contributed by atoms with E-state index in [0.29, 0.717) is 10.0 Å². The van der Waals surface area contributed by atoms with E-state index in [4.69, 9.17) is 34.4 Å². The molecule has 19 heavy (non-hydrogen) atoms. The molecule has 2 aromatic carbocycles. The minimum Gasteiger partial charge on any atom is -0.337 e. The first kappa shape index (κ1) is 15.4. The highest BCUT2D eigenvalue weighted by atomic mass is 35.7. The Morgan fingerprint density at radius 1 is 0.737 bits per heavy atom. The number of rotatable bonds is 2. The van der Waals surface area contributed by atoms with Crippen molar-refractivity contribution in [2.75, 3.05) is 0 Å². The Labute approximate surface area is 128 Å². The molecule has 0 unspecified atom stereocenters. The zero-order valence-electron chi connectivity index (χ0n) is 9.50. The molecule has 0 aliphatic heterocycles. The van der Waals surface area contributed by atoms with Crippen molar-refractivity contribution in [3.63, 3.8) is 0 Å². The third kappa shape index (κ3) is 3.99. The van der Waals surface area contributed by atoms with Gasteiger partial charge in [-0.05, 0) is 59.8 Å². The molecule has 0 amide bonds. The lowest BCUT2D eigenvalue weighted by atomic mass is 10.4. The molecule has 2 N–H and O–H groups in total. The summed E-state index contributed by atoms with van der Waals surface area (Å²) >= 11 is 17.5. The zero-order chi connectivity index (χ0) is 14.0. The van der Waals surface area contributed by atoms with Gasteiger partial charge in [0.15, 0.2) is 0 Å². The zero-order valence-corrected chi connectivity index (χ0v) is 13.5. The van der Waals surface area contributed by atoms with Gasteiger partial charge in [0.1, 0.15) is 0 Å². The van der Waals surface area contributed by atoms with Crippen LogP contribution in [0, 0.1) is 0 Å². The molecule has 2 aromatic rings. The molecule has 0 saturated heterocycles. The van der Waals surface area contributed by atoms with Crippen LogP contribution < -0.4 is 0 Å². The Kier molecular flexibility index (Phi) is 5.02. The van der Waals surface area contributed by atoms with Gasteiger partial charge in [-0.15, -0.1) is 0 Å². The van der Waals surface area contributed by atoms with E-state index < -0.39 is 15.9 Å². The average molecular weight is 356 g/mol. The van der Waals surface area contributed by atoms with E-state index in [1.165, 1.54) is 0 Å². The maximum Gasteiger partial charge on any atom is 0.244 e. The summed E-state index contributed by atoms with van der Waals surface area (Å²) in [6.45, 7) is 0. The molecule has 0 bridgehead atoms. The molecule has 7 heteroatoms. The largest absolute Gasteiger partial charge is 0.337 e. The van der Waals surface area contributed by atoms with Gasteiger partial charge in [-0.1, -0.05) is 33.3 Å². The fourth-order valence-electron chi connectivity index (χ4n) is 1.53. The number of benzene rings is 2. The Morgan fingerprint density at radius 3 is 1.32 bits per heavy atom. The maximum absolute atomic E-state index is 9.90. The van der Waals surface area contributed by atoms with Crippen LogP contribution in [-0.4, -0.2) is 9.79 Å². The Bertz CT molecular complexity index is 579. The summed E-state index contributed by atoms with van der Waals surface area (Å²) in [7, 11) is -1.01. The minimum absolute atomic E-state index is 0.581. The summed E-state index contributed by atoms with van der Waals surface area (Å²) in [6, 6.07) is 13.7. The lowest BCUT2D eigenvalue weighted by Crippen LogP contribution is -1.94. The second kappa shape index (κ2) is 6.19. The first-order valence-corrected chi connectivity index (χ1v) is 10.4. The van der Waals surface area contributed by atoms with Crippen molar-refractivity contribution in [2.24, 2.45) is 0 Å². The van der Waals surface area contributed by atoms with Crippen molar-refractivity contribution in [1.29, 1.82) is 0 Å². The Balaban J connectivity index is 2.62. The summed E-state index contributed by atoms with van der Waals surface area (Å²) in [5.41, 5.74) is 0. The molecule has 102 valence electrons. The highest BCUT2D eigenvalue weighted by Gasteiger charge is 2.17. The molecule has 0 aromatic heterocycles. The summed E-state index contributed by atoms with van der Waals surface area (Å²) < 4.78 is 0. The highest BCUT2D eigenvalue weighted by Crippen LogP contribution is 2.52. The summed E-state index contributed by atoms with van der Waals surface area (Å²) in [5.74, 6) is -3.59. The van der Waals surface area contributed by atoms with E-state index in [-0.39, 0.29) is 0 Å². The van der Waals surface area contributed by atoms with Crippen molar-refractivity contribution >= 4 is 50.4 Å². The van der Waals surface area contributed by atoms with Crippen LogP contribution in [0.25, 0.3) is 0 Å². The van der Waals surface area contributed by atoms with Crippen LogP contribution in [0.15, 0.2) is 58.3 Å². The SMILES string of the molecule is OP(O)(Cl)=S(c1ccc(Cl)cc1)c1ccc(Cl)cc1. The lowest BCUT2D eigenvalue weighted by Gasteiger charge is -2.16. The number of hydrogen-bond acceptors (Lipinski definition) is 0. The fraction of sp³-hybridized carbons (Fsp3) is 0. The molecule has 0 radical (unpaired) electrons. The first-order valence-electron chi connectivity index (χ1n) is 5.18. The van der Waals surface area contributed by atoms with Gasteiger partial charge in [0.2, 0.25) is 5.84 Å². The number of halogens is 3. The van der Waals surface area contributed by atoms with Gasteiger partial charge in [0.05, 0.1) is 0 Å². The van der Waals surface area contributed by atoms with Crippen LogP contribution in [0.2, 0.25) is 10.0 Å². The molecule has 0 saturated carbocycles. The molecular formula is C12H10Cl3O2PS. The molecule has 2 nitrogen and oxygen atoms in total. The van der Waals surface area contributed by atoms with E-state index >= 15 is 0 Å². The predicted molar refractivity (Wildman–Crippen MR) is 84.0 cm³/mol. The van der Waals surface area contributed by atoms with Gasteiger partial charge >= 0.3 is 0 Å². The highest BCUT2D eigenvalue weighted by molar-refractivity contribution is 8.37. The van der Waals surface area contributed by atoms with Crippen molar-refractivity contribution in [1.82, 2.24) is 0 Å². The van der Waals surface area contributed by atoms with Crippen molar-refractivity contribution in [3.05, 3.63) is 58.6 Å². The molecule has 0 aliphatic carbocycles. The standard InChI is InChI=1S/C12H10Cl3O2PS/c13-9-1-5-11(6-2-9)19(18(15,16)17)12-7-3-10(14)4-8-12/h1-8,16-17H. The van der Waals surface area contributed by atoms with Gasteiger partial charge in [0.25, 0.3) is 0 Å². The van der Waals surface area contributed by atoms with Crippen molar-refractivity contribution in [2.45, 2.75) is 9.79 Å². The van der Waals surface area contributed by atoms with Crippen LogP contribution >= 0.6 is 40.3 Å². The monoisotopic (exact) mass is 354 g/mol. The van der Waals surface area contributed by atoms with Crippen LogP contribution in [-0.2, 0) is 10.1 Å². The van der Waals surface area contributed by atoms with Gasteiger partial charge in [-0.2, -0.15) is 0 Å². The van der Waals surface area contributed by atoms with Crippen molar-refractivity contribution in [3.8, 4) is 0 Å². The normalized spacial score (nSPS) is 11.9. The predicted octanol–water partition coefficient (Wildman–Crippen LogP) is 4.93. The molecule has 2 rings (SSSR count). The van der Waals surface area contributed by atoms with Crippen LogP contribution in [0.4, 0.5) is 0 Å². The first-order chi connectivity index (χ1) is 8.88. The molecule has 0 fully saturated rings. The minimum atomic E-state index is -3.59. The molecule has 0 heterocycles. The summed E-state index contributed by atoms with van der Waals surface area (Å²) in [6.07, 6.45) is 0. The number of hydrogen-bond donors (Lipinski definition) is 2. The van der Waals surface area contributed by atoms with E-state index in [1.807, 2.05) is 0 Å². The summed E-state index contributed by atoms with van der Waals surface area (Å²) in [4.78, 5) is 21.2. The van der Waals surface area contributed by atoms with E-state index in [9.17, 15) is 9.79 Å². The van der Waals surface area contributed by atoms with Gasteiger partial charge < -0.3 is 9.79 Å². The van der Waals surface area contributed by atoms with Crippen LogP contribution in [0.3, 0.4) is 0 Å². The maximum atomic E-state index is 9.90. The average Bonchev–Trinajstić information content (AvgIpc) is 2.33. The van der Waals surface area contributed by atoms with Gasteiger partial charge in [-0.25, -0.2) is 0 Å². The van der Waals surface area contributed by atoms with Gasteiger partial charge in [0, 0.05) is 19.8 Å². The van der Waals surface area contributed by atoms with Gasteiger partial charge in [-0.3, -0.25) is 0 Å². The van der Waals surface area contributed by atoms with Crippen LogP contribution in [0.1, 0.15) is 0 Å². The lowest BCUT2D eigenvalue weighted by molar-refractivity contribution is 0.500. The quantitative estimate of drug-likeness (QED) is 0.750. The molecular weight excluding hydrogens is 346 g/mol. The Hall–Kier alpha value is 0.01000. The molecule has 0 spiro atoms. The van der Waals surface area contributed by atoms with E-state index in [2.05, 4.69) is 0 Å². The third-order valence-electron chi connectivity index (χ3n) is 2.31. The van der Waals surface area contributed by atoms with E-state index in [1.54, 1.807) is 48.5 Å². The molecule has 0 atom stereocenters. The smallest absolute Gasteiger partial charge is 0.244 e. The van der Waals surface area contributed by atoms with Crippen LogP contribution in [0.5, 0.6) is 0 Å². The topological polar surface area (TPSA) is 40.5 Å². The van der Waals surface area contributed by atoms with Crippen molar-refractivity contribution < 1.29 is 9.79 Å². The fourth-order valence-corrected chi connectivity index (χ4v) is 7.15. The third-order valence-corrected chi connectivity index (χ3v) is 8.61.